The summed E-state index contributed by atoms with van der Waals surface area (Å²) < 4.78 is 10.3. The maximum atomic E-state index is 5.99. The molecule has 2 heterocycles. The Balaban J connectivity index is 1.96. The van der Waals surface area contributed by atoms with Gasteiger partial charge in [0.05, 0.1) is 18.5 Å². The number of aromatic amines is 1. The van der Waals surface area contributed by atoms with Gasteiger partial charge in [-0.25, -0.2) is 4.98 Å². The number of nitrogens with zero attached hydrogens (tertiary/aromatic N) is 3. The summed E-state index contributed by atoms with van der Waals surface area (Å²) in [5.41, 5.74) is 6.93. The Morgan fingerprint density at radius 1 is 1.50 bits per heavy atom. The number of nitrogens with one attached hydrogen (secondary N) is 1. The van der Waals surface area contributed by atoms with E-state index in [1.807, 2.05) is 6.92 Å². The minimum Gasteiger partial charge on any atom is -0.381 e. The molecule has 0 saturated carbocycles. The summed E-state index contributed by atoms with van der Waals surface area (Å²) in [6, 6.07) is -0.329. The highest BCUT2D eigenvalue weighted by molar-refractivity contribution is 5.02. The molecule has 7 nitrogen and oxygen atoms in total. The molecule has 0 aliphatic heterocycles. The fraction of sp³-hybridized carbons (Fsp3) is 0.545. The van der Waals surface area contributed by atoms with Crippen LogP contribution in [0.2, 0.25) is 0 Å². The average Bonchev–Trinajstić information content (AvgIpc) is 3.00. The predicted molar refractivity (Wildman–Crippen MR) is 63.7 cm³/mol. The third kappa shape index (κ3) is 3.14. The molecule has 3 N–H and O–H groups in total. The number of H-pyrrole nitrogens is 1. The molecule has 2 atom stereocenters. The fourth-order valence-electron chi connectivity index (χ4n) is 1.56. The van der Waals surface area contributed by atoms with Crippen LogP contribution in [0, 0.1) is 0 Å². The van der Waals surface area contributed by atoms with E-state index in [1.54, 1.807) is 19.6 Å². The smallest absolute Gasteiger partial charge is 0.243 e. The molecule has 18 heavy (non-hydrogen) atoms. The third-order valence-electron chi connectivity index (χ3n) is 2.67. The van der Waals surface area contributed by atoms with E-state index in [0.29, 0.717) is 24.6 Å². The number of ether oxygens (including phenoxy) is 1. The standard InChI is InChI=1S/C11H17N5O2/c1-7(17-2)3-10-15-11(18-16-10)9(12)4-8-5-13-6-14-8/h5-7,9H,3-4,12H2,1-2H3,(H,13,14). The monoisotopic (exact) mass is 251 g/mol. The van der Waals surface area contributed by atoms with Crippen LogP contribution in [0.4, 0.5) is 0 Å². The molecule has 0 aliphatic rings. The van der Waals surface area contributed by atoms with E-state index in [9.17, 15) is 0 Å². The fourth-order valence-corrected chi connectivity index (χ4v) is 1.56. The molecular weight excluding hydrogens is 234 g/mol. The molecule has 0 bridgehead atoms. The molecule has 0 radical (unpaired) electrons. The van der Waals surface area contributed by atoms with Gasteiger partial charge in [-0.2, -0.15) is 4.98 Å². The first-order chi connectivity index (χ1) is 8.69. The highest BCUT2D eigenvalue weighted by Crippen LogP contribution is 2.13. The highest BCUT2D eigenvalue weighted by Gasteiger charge is 2.17. The lowest BCUT2D eigenvalue weighted by Crippen LogP contribution is -2.14. The molecule has 2 rings (SSSR count). The summed E-state index contributed by atoms with van der Waals surface area (Å²) in [4.78, 5) is 11.2. The number of aromatic nitrogens is 4. The maximum Gasteiger partial charge on any atom is 0.243 e. The van der Waals surface area contributed by atoms with Gasteiger partial charge in [-0.05, 0) is 6.92 Å². The Morgan fingerprint density at radius 2 is 2.33 bits per heavy atom. The summed E-state index contributed by atoms with van der Waals surface area (Å²) in [6.45, 7) is 1.95. The van der Waals surface area contributed by atoms with Gasteiger partial charge in [0.15, 0.2) is 5.82 Å². The zero-order valence-electron chi connectivity index (χ0n) is 10.5. The van der Waals surface area contributed by atoms with Crippen molar-refractivity contribution in [3.05, 3.63) is 29.9 Å². The van der Waals surface area contributed by atoms with Gasteiger partial charge in [-0.3, -0.25) is 0 Å². The van der Waals surface area contributed by atoms with Crippen molar-refractivity contribution in [2.24, 2.45) is 5.73 Å². The Kier molecular flexibility index (Phi) is 4.06. The van der Waals surface area contributed by atoms with Crippen molar-refractivity contribution in [1.29, 1.82) is 0 Å². The average molecular weight is 251 g/mol. The second-order valence-corrected chi connectivity index (χ2v) is 4.19. The van der Waals surface area contributed by atoms with Crippen LogP contribution < -0.4 is 5.73 Å². The lowest BCUT2D eigenvalue weighted by Gasteiger charge is -2.05. The summed E-state index contributed by atoms with van der Waals surface area (Å²) in [5.74, 6) is 1.04. The quantitative estimate of drug-likeness (QED) is 0.779. The molecule has 0 aromatic carbocycles. The molecular formula is C11H17N5O2. The first kappa shape index (κ1) is 12.7. The first-order valence-corrected chi connectivity index (χ1v) is 5.77. The van der Waals surface area contributed by atoms with E-state index in [0.717, 1.165) is 5.69 Å². The summed E-state index contributed by atoms with van der Waals surface area (Å²) in [6.07, 6.45) is 4.59. The topological polar surface area (TPSA) is 103 Å². The van der Waals surface area contributed by atoms with Gasteiger partial charge >= 0.3 is 0 Å². The number of hydrogen-bond acceptors (Lipinski definition) is 6. The minimum absolute atomic E-state index is 0.0549. The Morgan fingerprint density at radius 3 is 3.00 bits per heavy atom. The molecule has 0 saturated heterocycles. The van der Waals surface area contributed by atoms with Crippen LogP contribution in [0.25, 0.3) is 0 Å². The van der Waals surface area contributed by atoms with Crippen LogP contribution >= 0.6 is 0 Å². The van der Waals surface area contributed by atoms with Crippen molar-refractivity contribution in [2.45, 2.75) is 31.9 Å². The third-order valence-corrected chi connectivity index (χ3v) is 2.67. The zero-order valence-corrected chi connectivity index (χ0v) is 10.5. The van der Waals surface area contributed by atoms with Gasteiger partial charge in [0.25, 0.3) is 0 Å². The van der Waals surface area contributed by atoms with Crippen molar-refractivity contribution in [3.8, 4) is 0 Å². The first-order valence-electron chi connectivity index (χ1n) is 5.77. The van der Waals surface area contributed by atoms with E-state index in [2.05, 4.69) is 20.1 Å². The molecule has 0 amide bonds. The minimum atomic E-state index is -0.329. The van der Waals surface area contributed by atoms with Gasteiger partial charge in [0.1, 0.15) is 0 Å². The Bertz CT molecular complexity index is 467. The van der Waals surface area contributed by atoms with Crippen LogP contribution in [0.3, 0.4) is 0 Å². The predicted octanol–water partition coefficient (Wildman–Crippen LogP) is 0.613. The van der Waals surface area contributed by atoms with Crippen LogP contribution in [0.5, 0.6) is 0 Å². The van der Waals surface area contributed by atoms with E-state index >= 15 is 0 Å². The van der Waals surface area contributed by atoms with E-state index in [4.69, 9.17) is 15.0 Å². The number of imidazole rings is 1. The molecule has 2 aromatic rings. The van der Waals surface area contributed by atoms with Gasteiger partial charge in [0, 0.05) is 31.8 Å². The molecule has 2 unspecified atom stereocenters. The molecule has 0 spiro atoms. The van der Waals surface area contributed by atoms with Gasteiger partial charge < -0.3 is 20.0 Å². The van der Waals surface area contributed by atoms with Crippen molar-refractivity contribution >= 4 is 0 Å². The molecule has 0 aliphatic carbocycles. The van der Waals surface area contributed by atoms with E-state index in [-0.39, 0.29) is 12.1 Å². The summed E-state index contributed by atoms with van der Waals surface area (Å²) in [5, 5.41) is 3.88. The molecule has 7 heteroatoms. The Hall–Kier alpha value is -1.73. The van der Waals surface area contributed by atoms with Gasteiger partial charge in [-0.1, -0.05) is 5.16 Å². The van der Waals surface area contributed by atoms with Gasteiger partial charge in [0.2, 0.25) is 5.89 Å². The van der Waals surface area contributed by atoms with Crippen LogP contribution in [-0.4, -0.2) is 33.3 Å². The SMILES string of the molecule is COC(C)Cc1noc(C(N)Cc2cnc[nH]2)n1. The van der Waals surface area contributed by atoms with E-state index < -0.39 is 0 Å². The molecule has 2 aromatic heterocycles. The van der Waals surface area contributed by atoms with Gasteiger partial charge in [-0.15, -0.1) is 0 Å². The van der Waals surface area contributed by atoms with Crippen LogP contribution in [0.15, 0.2) is 17.0 Å². The molecule has 98 valence electrons. The summed E-state index contributed by atoms with van der Waals surface area (Å²) >= 11 is 0. The number of hydrogen-bond donors (Lipinski definition) is 2. The lowest BCUT2D eigenvalue weighted by molar-refractivity contribution is 0.116. The van der Waals surface area contributed by atoms with Crippen molar-refractivity contribution < 1.29 is 9.26 Å². The van der Waals surface area contributed by atoms with Crippen molar-refractivity contribution in [1.82, 2.24) is 20.1 Å². The normalized spacial score (nSPS) is 14.6. The number of methoxy groups -OCH3 is 1. The maximum absolute atomic E-state index is 5.99. The Labute approximate surface area is 105 Å². The second-order valence-electron chi connectivity index (χ2n) is 4.19. The number of nitrogens with two attached hydrogens (primary N) is 1. The highest BCUT2D eigenvalue weighted by atomic mass is 16.5. The zero-order chi connectivity index (χ0) is 13.0. The lowest BCUT2D eigenvalue weighted by atomic mass is 10.2. The van der Waals surface area contributed by atoms with E-state index in [1.165, 1.54) is 0 Å². The van der Waals surface area contributed by atoms with Crippen molar-refractivity contribution in [3.63, 3.8) is 0 Å². The largest absolute Gasteiger partial charge is 0.381 e. The van der Waals surface area contributed by atoms with Crippen molar-refractivity contribution in [2.75, 3.05) is 7.11 Å². The summed E-state index contributed by atoms with van der Waals surface area (Å²) in [7, 11) is 1.65. The van der Waals surface area contributed by atoms with Crippen LogP contribution in [-0.2, 0) is 17.6 Å². The second kappa shape index (κ2) is 5.74. The molecule has 0 fully saturated rings. The number of rotatable bonds is 6. The van der Waals surface area contributed by atoms with Crippen LogP contribution in [0.1, 0.15) is 30.4 Å².